The summed E-state index contributed by atoms with van der Waals surface area (Å²) in [6, 6.07) is 8.42. The Morgan fingerprint density at radius 2 is 1.97 bits per heavy atom. The topological polar surface area (TPSA) is 108 Å². The Balaban J connectivity index is 1.69. The lowest BCUT2D eigenvalue weighted by molar-refractivity contribution is 0.0752. The molecule has 36 heavy (non-hydrogen) atoms. The number of nitrogens with zero attached hydrogens (tertiary/aromatic N) is 4. The average Bonchev–Trinajstić information content (AvgIpc) is 3.58. The number of ether oxygens (including phenoxy) is 1. The van der Waals surface area contributed by atoms with Crippen molar-refractivity contribution < 1.29 is 14.3 Å². The van der Waals surface area contributed by atoms with Gasteiger partial charge < -0.3 is 10.1 Å². The van der Waals surface area contributed by atoms with Gasteiger partial charge >= 0.3 is 0 Å². The highest BCUT2D eigenvalue weighted by atomic mass is 35.5. The molecule has 0 spiro atoms. The number of nitrogens with one attached hydrogen (secondary N) is 1. The van der Waals surface area contributed by atoms with Crippen LogP contribution in [0.3, 0.4) is 0 Å². The van der Waals surface area contributed by atoms with E-state index in [2.05, 4.69) is 14.8 Å². The summed E-state index contributed by atoms with van der Waals surface area (Å²) in [4.78, 5) is 39.7. The maximum atomic E-state index is 13.1. The lowest BCUT2D eigenvalue weighted by Crippen LogP contribution is -2.28. The SMILES string of the molecule is COc1cc(-c2cc(NCc3ccc(Cl)s3)n(C(=O)C(C)(C)C)n2)cc(=O)n1CC(=O)c1cnsc1. The molecule has 0 atom stereocenters. The second-order valence-electron chi connectivity index (χ2n) is 8.99. The van der Waals surface area contributed by atoms with Crippen LogP contribution in [0.25, 0.3) is 11.3 Å². The first kappa shape index (κ1) is 25.8. The number of methoxy groups -OCH3 is 1. The quantitative estimate of drug-likeness (QED) is 0.308. The molecule has 0 unspecified atom stereocenters. The first-order chi connectivity index (χ1) is 17.1. The highest BCUT2D eigenvalue weighted by molar-refractivity contribution is 7.16. The van der Waals surface area contributed by atoms with Crippen molar-refractivity contribution in [3.63, 3.8) is 0 Å². The number of hydrogen-bond acceptors (Lipinski definition) is 9. The molecule has 0 aliphatic heterocycles. The van der Waals surface area contributed by atoms with Crippen molar-refractivity contribution in [1.29, 1.82) is 0 Å². The third kappa shape index (κ3) is 5.58. The van der Waals surface area contributed by atoms with E-state index in [0.29, 0.717) is 33.5 Å². The Kier molecular flexibility index (Phi) is 7.43. The van der Waals surface area contributed by atoms with Crippen molar-refractivity contribution in [3.05, 3.63) is 67.0 Å². The minimum atomic E-state index is -0.691. The van der Waals surface area contributed by atoms with Gasteiger partial charge in [-0.2, -0.15) is 9.78 Å². The molecule has 4 aromatic heterocycles. The zero-order valence-electron chi connectivity index (χ0n) is 20.1. The Hall–Kier alpha value is -3.28. The van der Waals surface area contributed by atoms with Crippen molar-refractivity contribution in [2.45, 2.75) is 33.9 Å². The summed E-state index contributed by atoms with van der Waals surface area (Å²) in [5, 5.41) is 9.40. The third-order valence-electron chi connectivity index (χ3n) is 5.27. The largest absolute Gasteiger partial charge is 0.482 e. The maximum Gasteiger partial charge on any atom is 0.254 e. The van der Waals surface area contributed by atoms with Gasteiger partial charge in [-0.1, -0.05) is 32.4 Å². The molecule has 12 heteroatoms. The molecule has 4 heterocycles. The van der Waals surface area contributed by atoms with Gasteiger partial charge in [0.15, 0.2) is 11.7 Å². The molecule has 188 valence electrons. The van der Waals surface area contributed by atoms with Crippen LogP contribution in [0.2, 0.25) is 4.34 Å². The normalized spacial score (nSPS) is 11.5. The Bertz CT molecular complexity index is 1460. The van der Waals surface area contributed by atoms with Crippen molar-refractivity contribution in [2.24, 2.45) is 5.41 Å². The molecule has 0 saturated heterocycles. The Morgan fingerprint density at radius 1 is 1.19 bits per heavy atom. The number of rotatable bonds is 8. The van der Waals surface area contributed by atoms with E-state index in [0.717, 1.165) is 16.4 Å². The smallest absolute Gasteiger partial charge is 0.254 e. The highest BCUT2D eigenvalue weighted by Crippen LogP contribution is 2.28. The maximum absolute atomic E-state index is 13.1. The molecule has 4 aromatic rings. The standard InChI is InChI=1S/C24H24ClN5O4S2/c1-24(2,3)23(33)30-20(26-11-16-5-6-19(25)36-16)9-17(28-30)14-7-21(32)29(22(8-14)34-4)12-18(31)15-10-27-35-13-15/h5-10,13,26H,11-12H2,1-4H3. The zero-order valence-corrected chi connectivity index (χ0v) is 22.5. The molecular formula is C24H24ClN5O4S2. The summed E-state index contributed by atoms with van der Waals surface area (Å²) in [5.74, 6) is 0.221. The van der Waals surface area contributed by atoms with Gasteiger partial charge in [0.05, 0.1) is 42.0 Å². The molecule has 0 fully saturated rings. The summed E-state index contributed by atoms with van der Waals surface area (Å²) >= 11 is 8.64. The zero-order chi connectivity index (χ0) is 26.0. The Morgan fingerprint density at radius 3 is 2.58 bits per heavy atom. The third-order valence-corrected chi connectivity index (χ3v) is 7.08. The van der Waals surface area contributed by atoms with Crippen LogP contribution in [0.4, 0.5) is 5.82 Å². The van der Waals surface area contributed by atoms with Gasteiger partial charge in [-0.05, 0) is 23.7 Å². The average molecular weight is 546 g/mol. The second kappa shape index (κ2) is 10.4. The predicted molar refractivity (Wildman–Crippen MR) is 142 cm³/mol. The summed E-state index contributed by atoms with van der Waals surface area (Å²) in [6.07, 6.45) is 1.47. The van der Waals surface area contributed by atoms with Crippen LogP contribution in [-0.4, -0.2) is 37.5 Å². The van der Waals surface area contributed by atoms with E-state index in [4.69, 9.17) is 16.3 Å². The fourth-order valence-electron chi connectivity index (χ4n) is 3.37. The highest BCUT2D eigenvalue weighted by Gasteiger charge is 2.27. The van der Waals surface area contributed by atoms with Gasteiger partial charge in [-0.3, -0.25) is 19.0 Å². The fraction of sp³-hybridized carbons (Fsp3) is 0.292. The van der Waals surface area contributed by atoms with Crippen molar-refractivity contribution >= 4 is 52.0 Å². The van der Waals surface area contributed by atoms with Crippen molar-refractivity contribution in [1.82, 2.24) is 18.7 Å². The van der Waals surface area contributed by atoms with Crippen LogP contribution in [0.1, 0.15) is 40.8 Å². The first-order valence-electron chi connectivity index (χ1n) is 10.9. The number of pyridine rings is 1. The van der Waals surface area contributed by atoms with E-state index in [-0.39, 0.29) is 24.1 Å². The van der Waals surface area contributed by atoms with Gasteiger partial charge in [0.1, 0.15) is 5.82 Å². The second-order valence-corrected chi connectivity index (χ2v) is 11.4. The van der Waals surface area contributed by atoms with Gasteiger partial charge in [-0.25, -0.2) is 4.37 Å². The molecule has 0 aliphatic carbocycles. The summed E-state index contributed by atoms with van der Waals surface area (Å²) in [7, 11) is 1.42. The number of aromatic nitrogens is 4. The molecule has 1 N–H and O–H groups in total. The lowest BCUT2D eigenvalue weighted by Gasteiger charge is -2.18. The number of thiophene rings is 1. The predicted octanol–water partition coefficient (Wildman–Crippen LogP) is 5.07. The van der Waals surface area contributed by atoms with Crippen molar-refractivity contribution in [3.8, 4) is 17.1 Å². The van der Waals surface area contributed by atoms with E-state index in [1.807, 2.05) is 32.9 Å². The molecule has 0 bridgehead atoms. The van der Waals surface area contributed by atoms with Crippen LogP contribution in [-0.2, 0) is 13.1 Å². The van der Waals surface area contributed by atoms with Gasteiger partial charge in [0, 0.05) is 39.4 Å². The van der Waals surface area contributed by atoms with Crippen LogP contribution >= 0.6 is 34.5 Å². The molecule has 0 aromatic carbocycles. The number of halogens is 1. The molecule has 0 radical (unpaired) electrons. The number of carbonyl (C=O) groups excluding carboxylic acids is 2. The number of ketones is 1. The van der Waals surface area contributed by atoms with E-state index in [1.165, 1.54) is 40.0 Å². The molecule has 0 amide bonds. The fourth-order valence-corrected chi connectivity index (χ4v) is 4.94. The van der Waals surface area contributed by atoms with Crippen molar-refractivity contribution in [2.75, 3.05) is 12.4 Å². The summed E-state index contributed by atoms with van der Waals surface area (Å²) in [5.41, 5.74) is 0.181. The number of Topliss-reactive ketones (excluding diaryl/α,β-unsaturated/α-hetero) is 1. The Labute approximate surface area is 220 Å². The number of carbonyl (C=O) groups is 2. The molecule has 9 nitrogen and oxygen atoms in total. The lowest BCUT2D eigenvalue weighted by atomic mass is 9.96. The first-order valence-corrected chi connectivity index (χ1v) is 12.9. The van der Waals surface area contributed by atoms with Crippen LogP contribution < -0.4 is 15.6 Å². The molecule has 0 saturated carbocycles. The van der Waals surface area contributed by atoms with E-state index >= 15 is 0 Å². The van der Waals surface area contributed by atoms with Gasteiger partial charge in [-0.15, -0.1) is 11.3 Å². The van der Waals surface area contributed by atoms with E-state index in [1.54, 1.807) is 17.5 Å². The summed E-state index contributed by atoms with van der Waals surface area (Å²) in [6.45, 7) is 5.69. The van der Waals surface area contributed by atoms with Crippen LogP contribution in [0, 0.1) is 5.41 Å². The van der Waals surface area contributed by atoms with Gasteiger partial charge in [0.2, 0.25) is 0 Å². The van der Waals surface area contributed by atoms with Crippen LogP contribution in [0.15, 0.2) is 46.7 Å². The van der Waals surface area contributed by atoms with Gasteiger partial charge in [0.25, 0.3) is 11.5 Å². The molecular weight excluding hydrogens is 522 g/mol. The number of hydrogen-bond donors (Lipinski definition) is 1. The number of anilines is 1. The minimum Gasteiger partial charge on any atom is -0.482 e. The van der Waals surface area contributed by atoms with Crippen LogP contribution in [0.5, 0.6) is 5.88 Å². The van der Waals surface area contributed by atoms with E-state index < -0.39 is 11.0 Å². The monoisotopic (exact) mass is 545 g/mol. The molecule has 0 aliphatic rings. The van der Waals surface area contributed by atoms with E-state index in [9.17, 15) is 14.4 Å². The minimum absolute atomic E-state index is 0.187. The summed E-state index contributed by atoms with van der Waals surface area (Å²) < 4.78 is 12.6. The molecule has 4 rings (SSSR count).